The van der Waals surface area contributed by atoms with E-state index in [4.69, 9.17) is 0 Å². The molecule has 0 radical (unpaired) electrons. The summed E-state index contributed by atoms with van der Waals surface area (Å²) in [6, 6.07) is 10.4. The van der Waals surface area contributed by atoms with Gasteiger partial charge < -0.3 is 0 Å². The maximum atomic E-state index is 11.5. The number of benzene rings is 1. The molecule has 1 saturated carbocycles. The van der Waals surface area contributed by atoms with Crippen LogP contribution in [0.2, 0.25) is 0 Å². The summed E-state index contributed by atoms with van der Waals surface area (Å²) < 4.78 is 0. The molecule has 2 rings (SSSR count). The lowest BCUT2D eigenvalue weighted by Gasteiger charge is -2.10. The highest BCUT2D eigenvalue weighted by Gasteiger charge is 2.56. The molecule has 1 aromatic carbocycles. The van der Waals surface area contributed by atoms with Gasteiger partial charge in [0.05, 0.1) is 0 Å². The van der Waals surface area contributed by atoms with Crippen LogP contribution in [0.25, 0.3) is 0 Å². The number of carbonyl (C=O) groups excluding carboxylic acids is 1. The van der Waals surface area contributed by atoms with Crippen LogP contribution in [-0.4, -0.2) is 5.78 Å². The average molecular weight is 188 g/mol. The monoisotopic (exact) mass is 188 g/mol. The van der Waals surface area contributed by atoms with E-state index in [0.29, 0.717) is 11.7 Å². The summed E-state index contributed by atoms with van der Waals surface area (Å²) in [5, 5.41) is 0. The third-order valence-electron chi connectivity index (χ3n) is 3.61. The van der Waals surface area contributed by atoms with Gasteiger partial charge in [0, 0.05) is 5.41 Å². The van der Waals surface area contributed by atoms with E-state index in [-0.39, 0.29) is 5.41 Å². The lowest BCUT2D eigenvalue weighted by atomic mass is 9.92. The molecule has 0 unspecified atom stereocenters. The Balaban J connectivity index is 2.22. The van der Waals surface area contributed by atoms with Gasteiger partial charge in [0.1, 0.15) is 5.78 Å². The summed E-state index contributed by atoms with van der Waals surface area (Å²) >= 11 is 0. The fourth-order valence-electron chi connectivity index (χ4n) is 2.46. The Morgan fingerprint density at radius 1 is 1.43 bits per heavy atom. The van der Waals surface area contributed by atoms with Crippen molar-refractivity contribution >= 4 is 5.78 Å². The molecule has 1 aliphatic carbocycles. The molecule has 1 nitrogen and oxygen atoms in total. The molecule has 1 aromatic rings. The van der Waals surface area contributed by atoms with Crippen molar-refractivity contribution in [1.82, 2.24) is 0 Å². The number of rotatable bonds is 3. The van der Waals surface area contributed by atoms with E-state index in [1.807, 2.05) is 18.2 Å². The van der Waals surface area contributed by atoms with Crippen LogP contribution in [-0.2, 0) is 4.79 Å². The zero-order chi connectivity index (χ0) is 10.2. The van der Waals surface area contributed by atoms with Crippen molar-refractivity contribution in [1.29, 1.82) is 0 Å². The van der Waals surface area contributed by atoms with E-state index < -0.39 is 0 Å². The second-order valence-corrected chi connectivity index (χ2v) is 4.23. The maximum Gasteiger partial charge on any atom is 0.136 e. The van der Waals surface area contributed by atoms with E-state index in [0.717, 1.165) is 12.8 Å². The van der Waals surface area contributed by atoms with Crippen molar-refractivity contribution < 1.29 is 4.79 Å². The van der Waals surface area contributed by atoms with Crippen LogP contribution >= 0.6 is 0 Å². The topological polar surface area (TPSA) is 17.1 Å². The molecule has 0 heterocycles. The summed E-state index contributed by atoms with van der Waals surface area (Å²) in [5.74, 6) is 0.833. The molecule has 0 N–H and O–H groups in total. The third-order valence-corrected chi connectivity index (χ3v) is 3.61. The molecule has 0 bridgehead atoms. The van der Waals surface area contributed by atoms with Crippen molar-refractivity contribution in [2.45, 2.75) is 32.6 Å². The second-order valence-electron chi connectivity index (χ2n) is 4.23. The first-order chi connectivity index (χ1) is 6.70. The summed E-state index contributed by atoms with van der Waals surface area (Å²) in [4.78, 5) is 11.5. The molecule has 0 saturated heterocycles. The lowest BCUT2D eigenvalue weighted by Crippen LogP contribution is -2.12. The summed E-state index contributed by atoms with van der Waals surface area (Å²) in [6.45, 7) is 3.84. The number of hydrogen-bond donors (Lipinski definition) is 0. The van der Waals surface area contributed by atoms with Gasteiger partial charge in [-0.3, -0.25) is 4.79 Å². The number of Topliss-reactive ketones (excluding diaryl/α,β-unsaturated/α-hetero) is 1. The van der Waals surface area contributed by atoms with Crippen LogP contribution in [0, 0.1) is 5.41 Å². The van der Waals surface area contributed by atoms with Crippen LogP contribution in [0.4, 0.5) is 0 Å². The molecule has 14 heavy (non-hydrogen) atoms. The van der Waals surface area contributed by atoms with Crippen LogP contribution in [0.1, 0.15) is 38.2 Å². The van der Waals surface area contributed by atoms with Gasteiger partial charge in [-0.2, -0.15) is 0 Å². The Morgan fingerprint density at radius 3 is 2.50 bits per heavy atom. The molecule has 0 aliphatic heterocycles. The average Bonchev–Trinajstić information content (AvgIpc) is 2.95. The van der Waals surface area contributed by atoms with Gasteiger partial charge in [0.15, 0.2) is 0 Å². The van der Waals surface area contributed by atoms with Crippen LogP contribution in [0.15, 0.2) is 30.3 Å². The van der Waals surface area contributed by atoms with Crippen LogP contribution < -0.4 is 0 Å². The summed E-state index contributed by atoms with van der Waals surface area (Å²) in [6.07, 6.45) is 2.02. The first-order valence-electron chi connectivity index (χ1n) is 5.26. The number of carbonyl (C=O) groups is 1. The first kappa shape index (κ1) is 9.45. The lowest BCUT2D eigenvalue weighted by molar-refractivity contribution is -0.122. The minimum Gasteiger partial charge on any atom is -0.299 e. The molecule has 1 aliphatic rings. The minimum atomic E-state index is -0.0264. The largest absolute Gasteiger partial charge is 0.299 e. The summed E-state index contributed by atoms with van der Waals surface area (Å²) in [5.41, 5.74) is 1.30. The molecule has 0 aromatic heterocycles. The van der Waals surface area contributed by atoms with Gasteiger partial charge in [-0.05, 0) is 31.2 Å². The highest BCUT2D eigenvalue weighted by molar-refractivity contribution is 5.87. The predicted octanol–water partition coefficient (Wildman–Crippen LogP) is 3.16. The van der Waals surface area contributed by atoms with Crippen LogP contribution in [0.5, 0.6) is 0 Å². The molecule has 0 amide bonds. The fraction of sp³-hybridized carbons (Fsp3) is 0.462. The normalized spacial score (nSPS) is 30.0. The molecule has 74 valence electrons. The summed E-state index contributed by atoms with van der Waals surface area (Å²) in [7, 11) is 0. The first-order valence-corrected chi connectivity index (χ1v) is 5.26. The third kappa shape index (κ3) is 1.28. The Kier molecular flexibility index (Phi) is 2.18. The van der Waals surface area contributed by atoms with Gasteiger partial charge in [-0.1, -0.05) is 37.3 Å². The van der Waals surface area contributed by atoms with Crippen LogP contribution in [0.3, 0.4) is 0 Å². The van der Waals surface area contributed by atoms with E-state index in [1.165, 1.54) is 5.56 Å². The number of hydrogen-bond acceptors (Lipinski definition) is 1. The van der Waals surface area contributed by atoms with E-state index in [2.05, 4.69) is 19.1 Å². The Hall–Kier alpha value is -1.11. The SMILES string of the molecule is CC[C@]1(C(C)=O)C[C@H]1c1ccccc1. The standard InChI is InChI=1S/C13H16O/c1-3-13(10(2)14)9-12(13)11-7-5-4-6-8-11/h4-8,12H,3,9H2,1-2H3/t12-,13+/m0/s1. The van der Waals surface area contributed by atoms with Crippen molar-refractivity contribution in [3.05, 3.63) is 35.9 Å². The van der Waals surface area contributed by atoms with E-state index in [1.54, 1.807) is 6.92 Å². The molecule has 1 heteroatoms. The zero-order valence-corrected chi connectivity index (χ0v) is 8.79. The van der Waals surface area contributed by atoms with Gasteiger partial charge in [0.2, 0.25) is 0 Å². The predicted molar refractivity (Wildman–Crippen MR) is 57.2 cm³/mol. The Bertz CT molecular complexity index is 342. The fourth-order valence-corrected chi connectivity index (χ4v) is 2.46. The van der Waals surface area contributed by atoms with Crippen molar-refractivity contribution in [3.63, 3.8) is 0 Å². The zero-order valence-electron chi connectivity index (χ0n) is 8.79. The van der Waals surface area contributed by atoms with E-state index >= 15 is 0 Å². The van der Waals surface area contributed by atoms with E-state index in [9.17, 15) is 4.79 Å². The molecule has 0 spiro atoms. The van der Waals surface area contributed by atoms with Crippen molar-refractivity contribution in [3.8, 4) is 0 Å². The van der Waals surface area contributed by atoms with Gasteiger partial charge in [0.25, 0.3) is 0 Å². The Labute approximate surface area is 85.1 Å². The van der Waals surface area contributed by atoms with Gasteiger partial charge >= 0.3 is 0 Å². The van der Waals surface area contributed by atoms with Gasteiger partial charge in [-0.15, -0.1) is 0 Å². The molecular weight excluding hydrogens is 172 g/mol. The molecule has 1 fully saturated rings. The highest BCUT2D eigenvalue weighted by atomic mass is 16.1. The molecular formula is C13H16O. The highest BCUT2D eigenvalue weighted by Crippen LogP contribution is 2.61. The number of ketones is 1. The van der Waals surface area contributed by atoms with Crippen molar-refractivity contribution in [2.24, 2.45) is 5.41 Å². The van der Waals surface area contributed by atoms with Crippen molar-refractivity contribution in [2.75, 3.05) is 0 Å². The second kappa shape index (κ2) is 3.23. The quantitative estimate of drug-likeness (QED) is 0.712. The maximum absolute atomic E-state index is 11.5. The smallest absolute Gasteiger partial charge is 0.136 e. The van der Waals surface area contributed by atoms with Gasteiger partial charge in [-0.25, -0.2) is 0 Å². The molecule has 2 atom stereocenters. The minimum absolute atomic E-state index is 0.0264. The Morgan fingerprint density at radius 2 is 2.07 bits per heavy atom.